The van der Waals surface area contributed by atoms with Gasteiger partial charge in [-0.2, -0.15) is 0 Å². The number of rotatable bonds is 5. The summed E-state index contributed by atoms with van der Waals surface area (Å²) in [6.45, 7) is 8.80. The minimum atomic E-state index is -0.150. The molecule has 0 aromatic carbocycles. The van der Waals surface area contributed by atoms with Gasteiger partial charge in [0.2, 0.25) is 5.82 Å². The Hall–Kier alpha value is -2.19. The van der Waals surface area contributed by atoms with Crippen LogP contribution < -0.4 is 5.32 Å². The van der Waals surface area contributed by atoms with Crippen molar-refractivity contribution in [3.05, 3.63) is 35.8 Å². The molecule has 2 aliphatic heterocycles. The Morgan fingerprint density at radius 3 is 2.89 bits per heavy atom. The third-order valence-electron chi connectivity index (χ3n) is 6.06. The standard InChI is InChI=1S/C20H29N5O3/c1-3-15(2)21-19(26)18-23-22-17-12-28-14-20(13-25(17)18)5-7-24(8-6-20)10-16-4-9-27-11-16/h4,9,11,15H,3,5-8,10,12-14H2,1-2H3,(H,21,26)/t15-/m0/s1. The Morgan fingerprint density at radius 1 is 1.36 bits per heavy atom. The van der Waals surface area contributed by atoms with E-state index in [1.54, 1.807) is 6.26 Å². The lowest BCUT2D eigenvalue weighted by Crippen LogP contribution is -2.44. The van der Waals surface area contributed by atoms with Gasteiger partial charge in [0.05, 0.1) is 19.1 Å². The highest BCUT2D eigenvalue weighted by Gasteiger charge is 2.39. The highest BCUT2D eigenvalue weighted by molar-refractivity contribution is 5.90. The number of nitrogens with zero attached hydrogens (tertiary/aromatic N) is 4. The van der Waals surface area contributed by atoms with Gasteiger partial charge in [-0.1, -0.05) is 6.92 Å². The molecule has 0 unspecified atom stereocenters. The van der Waals surface area contributed by atoms with Crippen LogP contribution in [0, 0.1) is 5.41 Å². The zero-order chi connectivity index (χ0) is 19.6. The zero-order valence-electron chi connectivity index (χ0n) is 16.7. The molecule has 2 aliphatic rings. The van der Waals surface area contributed by atoms with Crippen molar-refractivity contribution >= 4 is 5.91 Å². The number of nitrogens with one attached hydrogen (secondary N) is 1. The molecule has 1 atom stereocenters. The summed E-state index contributed by atoms with van der Waals surface area (Å²) in [7, 11) is 0. The Labute approximate surface area is 165 Å². The molecule has 0 radical (unpaired) electrons. The van der Waals surface area contributed by atoms with Gasteiger partial charge in [-0.3, -0.25) is 9.69 Å². The zero-order valence-corrected chi connectivity index (χ0v) is 16.7. The van der Waals surface area contributed by atoms with Gasteiger partial charge in [-0.15, -0.1) is 10.2 Å². The molecule has 152 valence electrons. The number of hydrogen-bond donors (Lipinski definition) is 1. The lowest BCUT2D eigenvalue weighted by Gasteiger charge is -2.41. The predicted molar refractivity (Wildman–Crippen MR) is 103 cm³/mol. The molecular formula is C20H29N5O3. The molecular weight excluding hydrogens is 358 g/mol. The minimum Gasteiger partial charge on any atom is -0.472 e. The van der Waals surface area contributed by atoms with Crippen molar-refractivity contribution < 1.29 is 13.9 Å². The van der Waals surface area contributed by atoms with E-state index in [-0.39, 0.29) is 17.4 Å². The van der Waals surface area contributed by atoms with E-state index in [1.807, 2.05) is 23.8 Å². The van der Waals surface area contributed by atoms with Gasteiger partial charge < -0.3 is 19.0 Å². The van der Waals surface area contributed by atoms with E-state index < -0.39 is 0 Å². The molecule has 8 heteroatoms. The predicted octanol–water partition coefficient (Wildman–Crippen LogP) is 2.21. The monoisotopic (exact) mass is 387 g/mol. The number of carbonyl (C=O) groups excluding carboxylic acids is 1. The van der Waals surface area contributed by atoms with Crippen LogP contribution in [-0.2, 0) is 24.4 Å². The normalized spacial score (nSPS) is 20.5. The first kappa shape index (κ1) is 19.1. The molecule has 0 aliphatic carbocycles. The van der Waals surface area contributed by atoms with Crippen LogP contribution in [0.2, 0.25) is 0 Å². The van der Waals surface area contributed by atoms with Gasteiger partial charge in [-0.25, -0.2) is 0 Å². The van der Waals surface area contributed by atoms with Crippen molar-refractivity contribution in [3.8, 4) is 0 Å². The molecule has 1 spiro atoms. The number of amides is 1. The van der Waals surface area contributed by atoms with Crippen molar-refractivity contribution in [2.24, 2.45) is 5.41 Å². The van der Waals surface area contributed by atoms with Crippen LogP contribution in [0.25, 0.3) is 0 Å². The summed E-state index contributed by atoms with van der Waals surface area (Å²) in [5, 5.41) is 11.4. The fourth-order valence-corrected chi connectivity index (χ4v) is 4.04. The van der Waals surface area contributed by atoms with Crippen molar-refractivity contribution in [2.75, 3.05) is 19.7 Å². The molecule has 0 saturated carbocycles. The Kier molecular flexibility index (Phi) is 5.50. The van der Waals surface area contributed by atoms with E-state index in [2.05, 4.69) is 27.3 Å². The topological polar surface area (TPSA) is 85.4 Å². The summed E-state index contributed by atoms with van der Waals surface area (Å²) in [6.07, 6.45) is 6.46. The number of carbonyl (C=O) groups is 1. The number of likely N-dealkylation sites (tertiary alicyclic amines) is 1. The lowest BCUT2D eigenvalue weighted by atomic mass is 9.78. The van der Waals surface area contributed by atoms with Crippen LogP contribution >= 0.6 is 0 Å². The fraction of sp³-hybridized carbons (Fsp3) is 0.650. The smallest absolute Gasteiger partial charge is 0.289 e. The first-order valence-electron chi connectivity index (χ1n) is 10.1. The molecule has 2 aromatic rings. The molecule has 1 fully saturated rings. The lowest BCUT2D eigenvalue weighted by molar-refractivity contribution is -0.00572. The number of furan rings is 1. The first-order chi connectivity index (χ1) is 13.6. The van der Waals surface area contributed by atoms with Crippen LogP contribution in [0.4, 0.5) is 0 Å². The van der Waals surface area contributed by atoms with E-state index >= 15 is 0 Å². The number of aromatic nitrogens is 3. The third kappa shape index (κ3) is 3.98. The quantitative estimate of drug-likeness (QED) is 0.847. The van der Waals surface area contributed by atoms with Gasteiger partial charge in [0.1, 0.15) is 6.61 Å². The average Bonchev–Trinajstić information content (AvgIpc) is 3.30. The highest BCUT2D eigenvalue weighted by Crippen LogP contribution is 2.36. The maximum absolute atomic E-state index is 12.7. The number of piperidine rings is 1. The largest absolute Gasteiger partial charge is 0.472 e. The van der Waals surface area contributed by atoms with Gasteiger partial charge >= 0.3 is 0 Å². The first-order valence-corrected chi connectivity index (χ1v) is 10.1. The van der Waals surface area contributed by atoms with Gasteiger partial charge in [-0.05, 0) is 45.3 Å². The molecule has 1 amide bonds. The summed E-state index contributed by atoms with van der Waals surface area (Å²) in [4.78, 5) is 15.1. The van der Waals surface area contributed by atoms with Crippen LogP contribution in [-0.4, -0.2) is 51.3 Å². The van der Waals surface area contributed by atoms with Crippen LogP contribution in [0.3, 0.4) is 0 Å². The minimum absolute atomic E-state index is 0.0198. The van der Waals surface area contributed by atoms with Crippen LogP contribution in [0.1, 0.15) is 55.1 Å². The van der Waals surface area contributed by atoms with Crippen LogP contribution in [0.15, 0.2) is 23.0 Å². The Balaban J connectivity index is 1.46. The average molecular weight is 387 g/mol. The van der Waals surface area contributed by atoms with E-state index in [0.717, 1.165) is 51.3 Å². The summed E-state index contributed by atoms with van der Waals surface area (Å²) in [6, 6.07) is 2.13. The molecule has 8 nitrogen and oxygen atoms in total. The summed E-state index contributed by atoms with van der Waals surface area (Å²) < 4.78 is 13.1. The van der Waals surface area contributed by atoms with E-state index in [0.29, 0.717) is 19.0 Å². The second-order valence-electron chi connectivity index (χ2n) is 8.21. The summed E-state index contributed by atoms with van der Waals surface area (Å²) in [5.74, 6) is 0.996. The highest BCUT2D eigenvalue weighted by atomic mass is 16.5. The Bertz CT molecular complexity index is 793. The summed E-state index contributed by atoms with van der Waals surface area (Å²) >= 11 is 0. The molecule has 1 saturated heterocycles. The van der Waals surface area contributed by atoms with Gasteiger partial charge in [0.15, 0.2) is 5.82 Å². The maximum atomic E-state index is 12.7. The number of fused-ring (bicyclic) bond motifs is 1. The van der Waals surface area contributed by atoms with Gasteiger partial charge in [0, 0.05) is 30.1 Å². The number of ether oxygens (including phenoxy) is 1. The molecule has 4 rings (SSSR count). The molecule has 4 heterocycles. The fourth-order valence-electron chi connectivity index (χ4n) is 4.04. The SMILES string of the molecule is CC[C@H](C)NC(=O)c1nnc2n1CC1(CCN(Cc3ccoc3)CC1)COC2. The van der Waals surface area contributed by atoms with Crippen LogP contribution in [0.5, 0.6) is 0 Å². The molecule has 0 bridgehead atoms. The van der Waals surface area contributed by atoms with Crippen molar-refractivity contribution in [1.82, 2.24) is 25.0 Å². The second-order valence-corrected chi connectivity index (χ2v) is 8.21. The van der Waals surface area contributed by atoms with Crippen molar-refractivity contribution in [1.29, 1.82) is 0 Å². The third-order valence-corrected chi connectivity index (χ3v) is 6.06. The van der Waals surface area contributed by atoms with Crippen molar-refractivity contribution in [2.45, 2.75) is 58.8 Å². The van der Waals surface area contributed by atoms with E-state index in [1.165, 1.54) is 5.56 Å². The molecule has 2 aromatic heterocycles. The van der Waals surface area contributed by atoms with E-state index in [9.17, 15) is 4.79 Å². The van der Waals surface area contributed by atoms with E-state index in [4.69, 9.17) is 9.15 Å². The number of hydrogen-bond acceptors (Lipinski definition) is 6. The second kappa shape index (κ2) is 8.05. The Morgan fingerprint density at radius 2 is 2.18 bits per heavy atom. The maximum Gasteiger partial charge on any atom is 0.289 e. The summed E-state index contributed by atoms with van der Waals surface area (Å²) in [5.41, 5.74) is 1.23. The van der Waals surface area contributed by atoms with Gasteiger partial charge in [0.25, 0.3) is 5.91 Å². The molecule has 28 heavy (non-hydrogen) atoms. The van der Waals surface area contributed by atoms with Crippen molar-refractivity contribution in [3.63, 3.8) is 0 Å². The molecule has 1 N–H and O–H groups in total.